The van der Waals surface area contributed by atoms with Gasteiger partial charge in [0.05, 0.1) is 36.7 Å². The van der Waals surface area contributed by atoms with E-state index >= 15 is 13.2 Å². The van der Waals surface area contributed by atoms with E-state index in [4.69, 9.17) is 33.9 Å². The number of amides is 1. The predicted molar refractivity (Wildman–Crippen MR) is 244 cm³/mol. The van der Waals surface area contributed by atoms with E-state index in [9.17, 15) is 4.79 Å². The highest BCUT2D eigenvalue weighted by atomic mass is 19.4. The number of alkyl halides is 3. The predicted octanol–water partition coefficient (Wildman–Crippen LogP) is 9.39. The molecule has 1 amide bonds. The normalized spacial score (nSPS) is 20.6. The lowest BCUT2D eigenvalue weighted by atomic mass is 9.75. The Morgan fingerprint density at radius 1 is 0.877 bits per heavy atom. The molecule has 2 aromatic carbocycles. The Bertz CT molecular complexity index is 2260. The van der Waals surface area contributed by atoms with Gasteiger partial charge in [0.15, 0.2) is 0 Å². The average Bonchev–Trinajstić information content (AvgIpc) is 4.02. The third kappa shape index (κ3) is 10.1. The molecule has 2 unspecified atom stereocenters. The summed E-state index contributed by atoms with van der Waals surface area (Å²) in [5.74, 6) is 1.70. The van der Waals surface area contributed by atoms with Crippen molar-refractivity contribution in [2.24, 2.45) is 5.92 Å². The van der Waals surface area contributed by atoms with Gasteiger partial charge < -0.3 is 33.6 Å². The van der Waals surface area contributed by atoms with Gasteiger partial charge in [0.25, 0.3) is 0 Å². The Balaban J connectivity index is 1.17. The zero-order valence-electron chi connectivity index (χ0n) is 39.1. The summed E-state index contributed by atoms with van der Waals surface area (Å²) in [5, 5.41) is 0. The first-order valence-electron chi connectivity index (χ1n) is 23.0. The molecule has 4 aromatic rings. The summed E-state index contributed by atoms with van der Waals surface area (Å²) in [4.78, 5) is 36.7. The van der Waals surface area contributed by atoms with Crippen LogP contribution in [0.2, 0.25) is 0 Å². The molecule has 12 nitrogen and oxygen atoms in total. The number of pyridine rings is 1. The number of hydrogen-bond donors (Lipinski definition) is 0. The van der Waals surface area contributed by atoms with Crippen LogP contribution >= 0.6 is 0 Å². The molecule has 0 spiro atoms. The van der Waals surface area contributed by atoms with E-state index in [0.717, 1.165) is 55.5 Å². The molecule has 8 rings (SSSR count). The van der Waals surface area contributed by atoms with E-state index in [1.807, 2.05) is 88.2 Å². The molecule has 3 aliphatic heterocycles. The second-order valence-corrected chi connectivity index (χ2v) is 19.5. The van der Waals surface area contributed by atoms with Crippen LogP contribution < -0.4 is 24.0 Å². The van der Waals surface area contributed by atoms with Crippen LogP contribution in [-0.2, 0) is 36.8 Å². The summed E-state index contributed by atoms with van der Waals surface area (Å²) in [6.07, 6.45) is 0.670. The number of ether oxygens (including phenoxy) is 4. The SMILES string of the molecule is COc1ccc(CN(Cc2ccc(OC)cc2)c2cc(C)c(C(F)(F)F)c(C3Cc4nc(OCC56CCCN5CCC6)nc(N(C)[C@@H]5CCN(C(=O)OC(C)(C)C)C5)c4CC3C)n2)cc1. The lowest BCUT2D eigenvalue weighted by molar-refractivity contribution is -0.139. The van der Waals surface area contributed by atoms with Crippen LogP contribution in [0.4, 0.5) is 29.6 Å². The molecule has 3 atom stereocenters. The maximum absolute atomic E-state index is 15.4. The number of halogens is 3. The van der Waals surface area contributed by atoms with Crippen molar-refractivity contribution in [3.05, 3.63) is 93.8 Å². The Kier molecular flexibility index (Phi) is 13.2. The molecule has 0 bridgehead atoms. The van der Waals surface area contributed by atoms with Gasteiger partial charge in [0, 0.05) is 50.7 Å². The van der Waals surface area contributed by atoms with E-state index in [1.54, 1.807) is 25.2 Å². The van der Waals surface area contributed by atoms with E-state index in [2.05, 4.69) is 9.80 Å². The number of likely N-dealkylation sites (N-methyl/N-ethyl adjacent to an activating group) is 1. The lowest BCUT2D eigenvalue weighted by Crippen LogP contribution is -2.43. The van der Waals surface area contributed by atoms with Crippen molar-refractivity contribution in [1.82, 2.24) is 24.8 Å². The lowest BCUT2D eigenvalue weighted by Gasteiger charge is -2.36. The number of methoxy groups -OCH3 is 2. The Morgan fingerprint density at radius 3 is 2.06 bits per heavy atom. The highest BCUT2D eigenvalue weighted by molar-refractivity contribution is 5.69. The van der Waals surface area contributed by atoms with E-state index in [-0.39, 0.29) is 47.3 Å². The molecule has 3 fully saturated rings. The maximum atomic E-state index is 15.4. The molecular formula is C50H64F3N7O5. The topological polar surface area (TPSA) is 106 Å². The Morgan fingerprint density at radius 2 is 1.49 bits per heavy atom. The summed E-state index contributed by atoms with van der Waals surface area (Å²) in [7, 11) is 5.21. The zero-order valence-corrected chi connectivity index (χ0v) is 39.1. The first kappa shape index (κ1) is 46.2. The molecule has 4 aliphatic rings. The van der Waals surface area contributed by atoms with Gasteiger partial charge in [-0.1, -0.05) is 31.2 Å². The first-order chi connectivity index (χ1) is 30.9. The molecule has 65 heavy (non-hydrogen) atoms. The van der Waals surface area contributed by atoms with Crippen molar-refractivity contribution in [3.8, 4) is 17.5 Å². The zero-order chi connectivity index (χ0) is 46.3. The minimum atomic E-state index is -4.65. The number of carbonyl (C=O) groups is 1. The number of carbonyl (C=O) groups excluding carboxylic acids is 1. The highest BCUT2D eigenvalue weighted by Gasteiger charge is 2.46. The van der Waals surface area contributed by atoms with Gasteiger partial charge >= 0.3 is 18.3 Å². The number of nitrogens with zero attached hydrogens (tertiary/aromatic N) is 7. The highest BCUT2D eigenvalue weighted by Crippen LogP contribution is 2.46. The average molecular weight is 900 g/mol. The van der Waals surface area contributed by atoms with Gasteiger partial charge in [-0.3, -0.25) is 4.90 Å². The second-order valence-electron chi connectivity index (χ2n) is 19.5. The molecule has 5 heterocycles. The van der Waals surface area contributed by atoms with Crippen LogP contribution in [0.1, 0.15) is 105 Å². The van der Waals surface area contributed by atoms with Gasteiger partial charge in [-0.15, -0.1) is 0 Å². The van der Waals surface area contributed by atoms with Crippen molar-refractivity contribution in [3.63, 3.8) is 0 Å². The van der Waals surface area contributed by atoms with Crippen molar-refractivity contribution in [2.45, 2.75) is 122 Å². The fourth-order valence-corrected chi connectivity index (χ4v) is 10.5. The number of hydrogen-bond acceptors (Lipinski definition) is 11. The van der Waals surface area contributed by atoms with Gasteiger partial charge in [0.2, 0.25) is 0 Å². The maximum Gasteiger partial charge on any atom is 0.418 e. The van der Waals surface area contributed by atoms with Crippen molar-refractivity contribution < 1.29 is 36.9 Å². The summed E-state index contributed by atoms with van der Waals surface area (Å²) >= 11 is 0. The van der Waals surface area contributed by atoms with E-state index in [1.165, 1.54) is 6.92 Å². The number of rotatable bonds is 13. The molecule has 3 saturated heterocycles. The molecule has 15 heteroatoms. The molecular weight excluding hydrogens is 836 g/mol. The smallest absolute Gasteiger partial charge is 0.418 e. The van der Waals surface area contributed by atoms with Gasteiger partial charge in [-0.05, 0) is 139 Å². The quantitative estimate of drug-likeness (QED) is 0.128. The standard InChI is InChI=1S/C50H64F3N7O5/c1-32-25-40-41(54-46(64-31-49-20-9-22-60(49)23-10-21-49)56-45(40)57(6)36-19-24-58(30-36)47(61)65-48(3,4)5)27-39(32)44-43(50(51,52)53)33(2)26-42(55-44)59(28-34-11-15-37(62-7)16-12-34)29-35-13-17-38(63-8)18-14-35/h11-18,26,32,36,39H,9-10,19-25,27-31H2,1-8H3/t32?,36-,39?/m1/s1. The molecule has 1 aliphatic carbocycles. The van der Waals surface area contributed by atoms with Gasteiger partial charge in [0.1, 0.15) is 35.3 Å². The fourth-order valence-electron chi connectivity index (χ4n) is 10.5. The largest absolute Gasteiger partial charge is 0.497 e. The van der Waals surface area contributed by atoms with Crippen LogP contribution in [0.25, 0.3) is 0 Å². The third-order valence-electron chi connectivity index (χ3n) is 13.9. The number of anilines is 2. The van der Waals surface area contributed by atoms with Crippen LogP contribution in [0.3, 0.4) is 0 Å². The van der Waals surface area contributed by atoms with Crippen molar-refractivity contribution >= 4 is 17.7 Å². The van der Waals surface area contributed by atoms with Crippen LogP contribution in [0, 0.1) is 12.8 Å². The van der Waals surface area contributed by atoms with E-state index < -0.39 is 23.3 Å². The summed E-state index contributed by atoms with van der Waals surface area (Å²) in [6.45, 7) is 13.4. The number of likely N-dealkylation sites (tertiary alicyclic amines) is 1. The summed E-state index contributed by atoms with van der Waals surface area (Å²) < 4.78 is 69.4. The fraction of sp³-hybridized carbons (Fsp3) is 0.560. The minimum absolute atomic E-state index is 0.0198. The van der Waals surface area contributed by atoms with Crippen molar-refractivity contribution in [1.29, 1.82) is 0 Å². The molecule has 350 valence electrons. The van der Waals surface area contributed by atoms with Gasteiger partial charge in [-0.2, -0.15) is 23.1 Å². The number of fused-ring (bicyclic) bond motifs is 2. The number of aromatic nitrogens is 3. The van der Waals surface area contributed by atoms with Crippen LogP contribution in [0.5, 0.6) is 17.5 Å². The molecule has 0 saturated carbocycles. The molecule has 2 aromatic heterocycles. The minimum Gasteiger partial charge on any atom is -0.497 e. The number of aryl methyl sites for hydroxylation is 1. The first-order valence-corrected chi connectivity index (χ1v) is 23.0. The second kappa shape index (κ2) is 18.5. The Hall–Kier alpha value is -5.31. The van der Waals surface area contributed by atoms with Crippen molar-refractivity contribution in [2.75, 3.05) is 63.9 Å². The Labute approximate surface area is 381 Å². The molecule has 0 radical (unpaired) electrons. The monoisotopic (exact) mass is 899 g/mol. The molecule has 0 N–H and O–H groups in total. The van der Waals surface area contributed by atoms with Gasteiger partial charge in [-0.25, -0.2) is 9.78 Å². The van der Waals surface area contributed by atoms with Crippen LogP contribution in [0.15, 0.2) is 54.6 Å². The number of benzene rings is 2. The summed E-state index contributed by atoms with van der Waals surface area (Å²) in [6, 6.07) is 17.1. The van der Waals surface area contributed by atoms with E-state index in [0.29, 0.717) is 74.5 Å². The third-order valence-corrected chi connectivity index (χ3v) is 13.9. The summed E-state index contributed by atoms with van der Waals surface area (Å²) in [5.41, 5.74) is 2.22. The van der Waals surface area contributed by atoms with Crippen LogP contribution in [-0.4, -0.2) is 102 Å².